The van der Waals surface area contributed by atoms with Crippen molar-refractivity contribution in [2.24, 2.45) is 0 Å². The van der Waals surface area contributed by atoms with E-state index >= 15 is 0 Å². The second-order valence-corrected chi connectivity index (χ2v) is 8.98. The van der Waals surface area contributed by atoms with E-state index in [0.717, 1.165) is 5.56 Å². The summed E-state index contributed by atoms with van der Waals surface area (Å²) in [5.41, 5.74) is 1.55. The molecule has 25 heavy (non-hydrogen) atoms. The van der Waals surface area contributed by atoms with Crippen molar-refractivity contribution in [2.75, 3.05) is 30.5 Å². The third-order valence-corrected chi connectivity index (χ3v) is 6.65. The fraction of sp³-hybridized carbons (Fsp3) is 0.588. The summed E-state index contributed by atoms with van der Waals surface area (Å²) in [7, 11) is -1.50. The lowest BCUT2D eigenvalue weighted by atomic mass is 10.1. The molecular weight excluding hydrogens is 364 g/mol. The number of halogens is 1. The molecule has 1 amide bonds. The van der Waals surface area contributed by atoms with Gasteiger partial charge in [0.15, 0.2) is 9.84 Å². The van der Waals surface area contributed by atoms with Crippen molar-refractivity contribution < 1.29 is 17.9 Å². The molecule has 1 saturated heterocycles. The highest BCUT2D eigenvalue weighted by Gasteiger charge is 2.35. The third kappa shape index (κ3) is 4.58. The van der Waals surface area contributed by atoms with Gasteiger partial charge in [-0.25, -0.2) is 8.42 Å². The minimum Gasteiger partial charge on any atom is -0.495 e. The number of nitrogens with zero attached hydrogens (tertiary/aromatic N) is 1. The SMILES string of the molecule is CCN(C(=O)[C@@H](C)Nc1cc(C)c(Cl)cc1OC)[C@@H]1CCS(=O)(=O)C1. The molecule has 1 fully saturated rings. The van der Waals surface area contributed by atoms with Crippen LogP contribution in [0.25, 0.3) is 0 Å². The summed E-state index contributed by atoms with van der Waals surface area (Å²) in [6, 6.07) is 2.78. The number of ether oxygens (including phenoxy) is 1. The number of nitrogens with one attached hydrogen (secondary N) is 1. The van der Waals surface area contributed by atoms with Crippen LogP contribution in [0.5, 0.6) is 5.75 Å². The van der Waals surface area contributed by atoms with Gasteiger partial charge in [0, 0.05) is 23.7 Å². The molecule has 0 unspecified atom stereocenters. The summed E-state index contributed by atoms with van der Waals surface area (Å²) < 4.78 is 28.8. The van der Waals surface area contributed by atoms with Gasteiger partial charge in [-0.05, 0) is 38.8 Å². The van der Waals surface area contributed by atoms with Crippen molar-refractivity contribution in [2.45, 2.75) is 39.3 Å². The van der Waals surface area contributed by atoms with E-state index in [9.17, 15) is 13.2 Å². The molecule has 0 spiro atoms. The lowest BCUT2D eigenvalue weighted by Crippen LogP contribution is -2.47. The standard InChI is InChI=1S/C17H25ClN2O4S/c1-5-20(13-6-7-25(22,23)10-13)17(21)12(3)19-15-8-11(2)14(18)9-16(15)24-4/h8-9,12-13,19H,5-7,10H2,1-4H3/t12-,13-/m1/s1. The number of rotatable bonds is 6. The van der Waals surface area contributed by atoms with Crippen LogP contribution in [-0.2, 0) is 14.6 Å². The van der Waals surface area contributed by atoms with Crippen LogP contribution in [-0.4, -0.2) is 56.5 Å². The van der Waals surface area contributed by atoms with Gasteiger partial charge in [0.25, 0.3) is 0 Å². The molecule has 0 aliphatic carbocycles. The molecule has 2 atom stereocenters. The second kappa shape index (κ2) is 7.83. The number of benzene rings is 1. The topological polar surface area (TPSA) is 75.7 Å². The van der Waals surface area contributed by atoms with E-state index in [2.05, 4.69) is 5.32 Å². The van der Waals surface area contributed by atoms with Gasteiger partial charge >= 0.3 is 0 Å². The molecule has 8 heteroatoms. The molecule has 0 bridgehead atoms. The van der Waals surface area contributed by atoms with Crippen LogP contribution >= 0.6 is 11.6 Å². The molecule has 140 valence electrons. The number of hydrogen-bond donors (Lipinski definition) is 1. The Morgan fingerprint density at radius 2 is 2.16 bits per heavy atom. The van der Waals surface area contributed by atoms with Gasteiger partial charge in [-0.15, -0.1) is 0 Å². The first-order valence-electron chi connectivity index (χ1n) is 8.30. The third-order valence-electron chi connectivity index (χ3n) is 4.50. The zero-order valence-electron chi connectivity index (χ0n) is 15.0. The van der Waals surface area contributed by atoms with Gasteiger partial charge in [0.2, 0.25) is 5.91 Å². The molecule has 0 aromatic heterocycles. The fourth-order valence-corrected chi connectivity index (χ4v) is 4.99. The number of carbonyl (C=O) groups is 1. The van der Waals surface area contributed by atoms with Crippen molar-refractivity contribution in [3.8, 4) is 5.75 Å². The first-order chi connectivity index (χ1) is 11.7. The fourth-order valence-electron chi connectivity index (χ4n) is 3.10. The Kier molecular flexibility index (Phi) is 6.21. The van der Waals surface area contributed by atoms with E-state index in [-0.39, 0.29) is 23.5 Å². The number of sulfone groups is 1. The predicted octanol–water partition coefficient (Wildman–Crippen LogP) is 2.49. The molecule has 0 saturated carbocycles. The number of aryl methyl sites for hydroxylation is 1. The largest absolute Gasteiger partial charge is 0.495 e. The highest BCUT2D eigenvalue weighted by Crippen LogP contribution is 2.31. The smallest absolute Gasteiger partial charge is 0.245 e. The van der Waals surface area contributed by atoms with Crippen LogP contribution in [0.15, 0.2) is 12.1 Å². The van der Waals surface area contributed by atoms with Crippen LogP contribution in [0.2, 0.25) is 5.02 Å². The van der Waals surface area contributed by atoms with Gasteiger partial charge in [0.1, 0.15) is 11.8 Å². The molecular formula is C17H25ClN2O4S. The zero-order valence-corrected chi connectivity index (χ0v) is 16.6. The lowest BCUT2D eigenvalue weighted by Gasteiger charge is -2.30. The van der Waals surface area contributed by atoms with Crippen molar-refractivity contribution in [1.29, 1.82) is 0 Å². The van der Waals surface area contributed by atoms with Gasteiger partial charge in [0.05, 0.1) is 24.3 Å². The number of carbonyl (C=O) groups excluding carboxylic acids is 1. The number of hydrogen-bond acceptors (Lipinski definition) is 5. The Hall–Kier alpha value is -1.47. The molecule has 1 aromatic carbocycles. The van der Waals surface area contributed by atoms with Crippen molar-refractivity contribution in [3.63, 3.8) is 0 Å². The molecule has 1 N–H and O–H groups in total. The highest BCUT2D eigenvalue weighted by atomic mass is 35.5. The van der Waals surface area contributed by atoms with Crippen LogP contribution in [0.3, 0.4) is 0 Å². The summed E-state index contributed by atoms with van der Waals surface area (Å²) in [5, 5.41) is 3.75. The first kappa shape index (κ1) is 19.8. The monoisotopic (exact) mass is 388 g/mol. The van der Waals surface area contributed by atoms with Crippen LogP contribution < -0.4 is 10.1 Å². The average molecular weight is 389 g/mol. The maximum absolute atomic E-state index is 12.8. The minimum absolute atomic E-state index is 0.0443. The molecule has 0 radical (unpaired) electrons. The van der Waals surface area contributed by atoms with E-state index in [1.165, 1.54) is 0 Å². The second-order valence-electron chi connectivity index (χ2n) is 6.35. The summed E-state index contributed by atoms with van der Waals surface area (Å²) in [5.74, 6) is 0.622. The maximum atomic E-state index is 12.8. The summed E-state index contributed by atoms with van der Waals surface area (Å²) >= 11 is 6.11. The van der Waals surface area contributed by atoms with E-state index in [1.807, 2.05) is 19.9 Å². The predicted molar refractivity (Wildman–Crippen MR) is 100 cm³/mol. The number of anilines is 1. The highest BCUT2D eigenvalue weighted by molar-refractivity contribution is 7.91. The van der Waals surface area contributed by atoms with Crippen molar-refractivity contribution in [3.05, 3.63) is 22.7 Å². The molecule has 2 rings (SSSR count). The van der Waals surface area contributed by atoms with Gasteiger partial charge in [-0.2, -0.15) is 0 Å². The first-order valence-corrected chi connectivity index (χ1v) is 10.5. The zero-order chi connectivity index (χ0) is 18.8. The Labute approximate surface area is 154 Å². The molecule has 1 aliphatic rings. The Bertz CT molecular complexity index is 751. The van der Waals surface area contributed by atoms with E-state index in [1.54, 1.807) is 25.0 Å². The molecule has 6 nitrogen and oxygen atoms in total. The van der Waals surface area contributed by atoms with Crippen LogP contribution in [0, 0.1) is 6.92 Å². The van der Waals surface area contributed by atoms with Crippen LogP contribution in [0.1, 0.15) is 25.8 Å². The van der Waals surface area contributed by atoms with Crippen molar-refractivity contribution >= 4 is 33.0 Å². The van der Waals surface area contributed by atoms with Gasteiger partial charge in [-0.3, -0.25) is 4.79 Å². The quantitative estimate of drug-likeness (QED) is 0.810. The van der Waals surface area contributed by atoms with Crippen LogP contribution in [0.4, 0.5) is 5.69 Å². The Morgan fingerprint density at radius 3 is 2.68 bits per heavy atom. The Morgan fingerprint density at radius 1 is 1.48 bits per heavy atom. The maximum Gasteiger partial charge on any atom is 0.245 e. The number of methoxy groups -OCH3 is 1. The Balaban J connectivity index is 2.15. The van der Waals surface area contributed by atoms with E-state index in [4.69, 9.17) is 16.3 Å². The van der Waals surface area contributed by atoms with Gasteiger partial charge in [-0.1, -0.05) is 11.6 Å². The lowest BCUT2D eigenvalue weighted by molar-refractivity contribution is -0.133. The normalized spacial score (nSPS) is 20.1. The molecule has 1 aliphatic heterocycles. The summed E-state index contributed by atoms with van der Waals surface area (Å²) in [6.45, 7) is 5.98. The average Bonchev–Trinajstić information content (AvgIpc) is 2.90. The minimum atomic E-state index is -3.04. The van der Waals surface area contributed by atoms with E-state index < -0.39 is 15.9 Å². The number of likely N-dealkylation sites (N-methyl/N-ethyl adjacent to an activating group) is 1. The molecule has 1 heterocycles. The van der Waals surface area contributed by atoms with Gasteiger partial charge < -0.3 is 15.0 Å². The van der Waals surface area contributed by atoms with E-state index in [0.29, 0.717) is 29.4 Å². The summed E-state index contributed by atoms with van der Waals surface area (Å²) in [6.07, 6.45) is 0.498. The summed E-state index contributed by atoms with van der Waals surface area (Å²) in [4.78, 5) is 14.5. The van der Waals surface area contributed by atoms with Crippen molar-refractivity contribution in [1.82, 2.24) is 4.90 Å². The molecule has 1 aromatic rings. The number of amides is 1.